The standard InChI is InChI=1S/C13H12BrN3O2/c1-19-12-4-8(2-3-11(12)18)6-16-10-5-9(14)7-17-13(10)15/h2-7,18H,1H3,(H2,15,17). The van der Waals surface area contributed by atoms with Crippen LogP contribution in [-0.4, -0.2) is 23.4 Å². The van der Waals surface area contributed by atoms with E-state index >= 15 is 0 Å². The summed E-state index contributed by atoms with van der Waals surface area (Å²) in [7, 11) is 1.49. The third-order valence-corrected chi connectivity index (χ3v) is 2.85. The van der Waals surface area contributed by atoms with Crippen LogP contribution in [0.2, 0.25) is 0 Å². The largest absolute Gasteiger partial charge is 0.504 e. The molecule has 2 rings (SSSR count). The molecule has 0 amide bonds. The lowest BCUT2D eigenvalue weighted by Crippen LogP contribution is -1.91. The molecule has 0 spiro atoms. The van der Waals surface area contributed by atoms with Gasteiger partial charge in [0.1, 0.15) is 11.5 Å². The van der Waals surface area contributed by atoms with E-state index in [1.807, 2.05) is 0 Å². The predicted octanol–water partition coefficient (Wildman–Crippen LogP) is 2.89. The van der Waals surface area contributed by atoms with Gasteiger partial charge < -0.3 is 15.6 Å². The Morgan fingerprint density at radius 2 is 2.21 bits per heavy atom. The molecule has 3 N–H and O–H groups in total. The Morgan fingerprint density at radius 3 is 2.95 bits per heavy atom. The van der Waals surface area contributed by atoms with Crippen LogP contribution in [0.1, 0.15) is 5.56 Å². The summed E-state index contributed by atoms with van der Waals surface area (Å²) in [5.74, 6) is 0.831. The molecule has 1 aromatic heterocycles. The number of pyridine rings is 1. The number of nitrogen functional groups attached to an aromatic ring is 1. The summed E-state index contributed by atoms with van der Waals surface area (Å²) in [6.07, 6.45) is 3.24. The normalized spacial score (nSPS) is 10.8. The van der Waals surface area contributed by atoms with Crippen molar-refractivity contribution in [2.45, 2.75) is 0 Å². The number of halogens is 1. The summed E-state index contributed by atoms with van der Waals surface area (Å²) in [6.45, 7) is 0. The number of nitrogens with two attached hydrogens (primary N) is 1. The quantitative estimate of drug-likeness (QED) is 0.852. The number of anilines is 1. The third kappa shape index (κ3) is 3.23. The van der Waals surface area contributed by atoms with Crippen molar-refractivity contribution in [1.29, 1.82) is 0 Å². The van der Waals surface area contributed by atoms with Crippen LogP contribution in [-0.2, 0) is 0 Å². The molecule has 0 bridgehead atoms. The van der Waals surface area contributed by atoms with Gasteiger partial charge in [0.05, 0.1) is 7.11 Å². The SMILES string of the molecule is COc1cc(C=Nc2cc(Br)cnc2N)ccc1O. The van der Waals surface area contributed by atoms with E-state index in [0.717, 1.165) is 10.0 Å². The molecule has 0 fully saturated rings. The van der Waals surface area contributed by atoms with Crippen molar-refractivity contribution >= 4 is 33.6 Å². The fourth-order valence-corrected chi connectivity index (χ4v) is 1.78. The number of hydrogen-bond donors (Lipinski definition) is 2. The molecule has 1 aromatic carbocycles. The van der Waals surface area contributed by atoms with Crippen molar-refractivity contribution in [1.82, 2.24) is 4.98 Å². The summed E-state index contributed by atoms with van der Waals surface area (Å²) in [5, 5.41) is 9.50. The van der Waals surface area contributed by atoms with Gasteiger partial charge in [-0.3, -0.25) is 4.99 Å². The van der Waals surface area contributed by atoms with Crippen LogP contribution in [0.3, 0.4) is 0 Å². The van der Waals surface area contributed by atoms with E-state index in [-0.39, 0.29) is 5.75 Å². The zero-order valence-corrected chi connectivity index (χ0v) is 11.8. The van der Waals surface area contributed by atoms with Crippen LogP contribution >= 0.6 is 15.9 Å². The van der Waals surface area contributed by atoms with Crippen molar-refractivity contribution in [2.24, 2.45) is 4.99 Å². The molecule has 0 aliphatic rings. The van der Waals surface area contributed by atoms with E-state index in [1.165, 1.54) is 7.11 Å². The number of rotatable bonds is 3. The van der Waals surface area contributed by atoms with E-state index < -0.39 is 0 Å². The van der Waals surface area contributed by atoms with Crippen molar-refractivity contribution in [3.8, 4) is 11.5 Å². The molecule has 1 heterocycles. The number of nitrogens with zero attached hydrogens (tertiary/aromatic N) is 2. The lowest BCUT2D eigenvalue weighted by Gasteiger charge is -2.03. The van der Waals surface area contributed by atoms with E-state index in [1.54, 1.807) is 36.7 Å². The lowest BCUT2D eigenvalue weighted by atomic mass is 10.2. The molecule has 2 aromatic rings. The first-order chi connectivity index (χ1) is 9.10. The lowest BCUT2D eigenvalue weighted by molar-refractivity contribution is 0.373. The summed E-state index contributed by atoms with van der Waals surface area (Å²) >= 11 is 3.31. The van der Waals surface area contributed by atoms with E-state index in [4.69, 9.17) is 10.5 Å². The first-order valence-electron chi connectivity index (χ1n) is 5.42. The smallest absolute Gasteiger partial charge is 0.161 e. The number of ether oxygens (including phenoxy) is 1. The first-order valence-corrected chi connectivity index (χ1v) is 6.21. The number of aromatic hydroxyl groups is 1. The van der Waals surface area contributed by atoms with Gasteiger partial charge >= 0.3 is 0 Å². The molecule has 19 heavy (non-hydrogen) atoms. The third-order valence-electron chi connectivity index (χ3n) is 2.42. The maximum absolute atomic E-state index is 9.50. The minimum atomic E-state index is 0.0864. The molecular formula is C13H12BrN3O2. The maximum atomic E-state index is 9.50. The van der Waals surface area contributed by atoms with Gasteiger partial charge in [-0.1, -0.05) is 0 Å². The Bertz CT molecular complexity index is 629. The van der Waals surface area contributed by atoms with Crippen molar-refractivity contribution < 1.29 is 9.84 Å². The zero-order chi connectivity index (χ0) is 13.8. The van der Waals surface area contributed by atoms with Gasteiger partial charge in [-0.2, -0.15) is 0 Å². The Labute approximate surface area is 118 Å². The average molecular weight is 322 g/mol. The van der Waals surface area contributed by atoms with E-state index in [9.17, 15) is 5.11 Å². The Hall–Kier alpha value is -2.08. The number of hydrogen-bond acceptors (Lipinski definition) is 5. The second-order valence-electron chi connectivity index (χ2n) is 3.75. The molecule has 98 valence electrons. The summed E-state index contributed by atoms with van der Waals surface area (Å²) in [5.41, 5.74) is 7.08. The van der Waals surface area contributed by atoms with E-state index in [0.29, 0.717) is 17.3 Å². The highest BCUT2D eigenvalue weighted by Gasteiger charge is 2.02. The van der Waals surface area contributed by atoms with Crippen LogP contribution < -0.4 is 10.5 Å². The second kappa shape index (κ2) is 5.71. The fourth-order valence-electron chi connectivity index (χ4n) is 1.46. The molecule has 0 saturated heterocycles. The maximum Gasteiger partial charge on any atom is 0.161 e. The minimum absolute atomic E-state index is 0.0864. The highest BCUT2D eigenvalue weighted by Crippen LogP contribution is 2.27. The number of methoxy groups -OCH3 is 1. The molecule has 0 aliphatic heterocycles. The monoisotopic (exact) mass is 321 g/mol. The molecule has 0 aliphatic carbocycles. The number of aromatic nitrogens is 1. The number of phenolic OH excluding ortho intramolecular Hbond substituents is 1. The molecule has 5 nitrogen and oxygen atoms in total. The number of benzene rings is 1. The zero-order valence-electron chi connectivity index (χ0n) is 10.2. The minimum Gasteiger partial charge on any atom is -0.504 e. The second-order valence-corrected chi connectivity index (χ2v) is 4.66. The number of aliphatic imine (C=N–C) groups is 1. The average Bonchev–Trinajstić information content (AvgIpc) is 2.41. The van der Waals surface area contributed by atoms with Crippen LogP contribution in [0.15, 0.2) is 39.9 Å². The molecule has 0 atom stereocenters. The van der Waals surface area contributed by atoms with Crippen LogP contribution in [0, 0.1) is 0 Å². The first kappa shape index (κ1) is 13.4. The van der Waals surface area contributed by atoms with E-state index in [2.05, 4.69) is 25.9 Å². The summed E-state index contributed by atoms with van der Waals surface area (Å²) in [6, 6.07) is 6.72. The van der Waals surface area contributed by atoms with Gasteiger partial charge in [-0.05, 0) is 45.8 Å². The predicted molar refractivity (Wildman–Crippen MR) is 78.3 cm³/mol. The molecular weight excluding hydrogens is 310 g/mol. The topological polar surface area (TPSA) is 80.7 Å². The molecule has 0 saturated carbocycles. The highest BCUT2D eigenvalue weighted by atomic mass is 79.9. The van der Waals surface area contributed by atoms with Gasteiger partial charge in [0.2, 0.25) is 0 Å². The van der Waals surface area contributed by atoms with Crippen LogP contribution in [0.4, 0.5) is 11.5 Å². The fraction of sp³-hybridized carbons (Fsp3) is 0.0769. The van der Waals surface area contributed by atoms with Crippen LogP contribution in [0.5, 0.6) is 11.5 Å². The van der Waals surface area contributed by atoms with Crippen molar-refractivity contribution in [3.63, 3.8) is 0 Å². The van der Waals surface area contributed by atoms with Crippen molar-refractivity contribution in [2.75, 3.05) is 12.8 Å². The van der Waals surface area contributed by atoms with Gasteiger partial charge in [-0.15, -0.1) is 0 Å². The summed E-state index contributed by atoms with van der Waals surface area (Å²) in [4.78, 5) is 8.25. The van der Waals surface area contributed by atoms with Gasteiger partial charge in [-0.25, -0.2) is 4.98 Å². The molecule has 6 heteroatoms. The van der Waals surface area contributed by atoms with Crippen molar-refractivity contribution in [3.05, 3.63) is 40.5 Å². The van der Waals surface area contributed by atoms with Crippen LogP contribution in [0.25, 0.3) is 0 Å². The van der Waals surface area contributed by atoms with Gasteiger partial charge in [0.25, 0.3) is 0 Å². The summed E-state index contributed by atoms with van der Waals surface area (Å²) < 4.78 is 5.83. The van der Waals surface area contributed by atoms with Gasteiger partial charge in [0.15, 0.2) is 11.5 Å². The Balaban J connectivity index is 2.29. The van der Waals surface area contributed by atoms with Gasteiger partial charge in [0, 0.05) is 16.9 Å². The number of phenols is 1. The Morgan fingerprint density at radius 1 is 1.42 bits per heavy atom. The molecule has 0 radical (unpaired) electrons. The Kier molecular flexibility index (Phi) is 4.01. The molecule has 0 unspecified atom stereocenters. The highest BCUT2D eigenvalue weighted by molar-refractivity contribution is 9.10.